The highest BCUT2D eigenvalue weighted by Crippen LogP contribution is 2.31. The van der Waals surface area contributed by atoms with Gasteiger partial charge in [0, 0.05) is 19.6 Å². The molecule has 0 spiro atoms. The Morgan fingerprint density at radius 1 is 1.44 bits per heavy atom. The quantitative estimate of drug-likeness (QED) is 0.803. The average Bonchev–Trinajstić information content (AvgIpc) is 3.08. The minimum absolute atomic E-state index is 0.0311. The zero-order valence-electron chi connectivity index (χ0n) is 14.4. The lowest BCUT2D eigenvalue weighted by molar-refractivity contribution is -0.140. The van der Waals surface area contributed by atoms with E-state index in [1.165, 1.54) is 12.1 Å². The second-order valence-electron chi connectivity index (χ2n) is 6.21. The van der Waals surface area contributed by atoms with Crippen molar-refractivity contribution in [2.45, 2.75) is 38.6 Å². The molecule has 0 saturated carbocycles. The third kappa shape index (κ3) is 4.45. The van der Waals surface area contributed by atoms with Gasteiger partial charge in [-0.3, -0.25) is 4.79 Å². The van der Waals surface area contributed by atoms with Crippen LogP contribution in [0.5, 0.6) is 0 Å². The van der Waals surface area contributed by atoms with E-state index in [1.807, 2.05) is 13.0 Å². The summed E-state index contributed by atoms with van der Waals surface area (Å²) in [5.74, 6) is 0.924. The van der Waals surface area contributed by atoms with Crippen LogP contribution in [0.4, 0.5) is 4.39 Å². The third-order valence-corrected chi connectivity index (χ3v) is 4.38. The lowest BCUT2D eigenvalue weighted by Crippen LogP contribution is -2.40. The van der Waals surface area contributed by atoms with Gasteiger partial charge >= 0.3 is 0 Å². The fourth-order valence-electron chi connectivity index (χ4n) is 3.17. The number of aromatic nitrogens is 1. The molecular weight excluding hydrogens is 323 g/mol. The molecule has 1 fully saturated rings. The highest BCUT2D eigenvalue weighted by molar-refractivity contribution is 5.78. The summed E-state index contributed by atoms with van der Waals surface area (Å²) in [6, 6.07) is 6.28. The molecule has 1 aliphatic rings. The number of hydrogen-bond donors (Lipinski definition) is 0. The van der Waals surface area contributed by atoms with E-state index in [0.717, 1.165) is 24.8 Å². The van der Waals surface area contributed by atoms with Crippen molar-refractivity contribution in [1.82, 2.24) is 9.88 Å². The Hall–Kier alpha value is -2.21. The number of ether oxygens (including phenoxy) is 1. The van der Waals surface area contributed by atoms with Crippen LogP contribution in [-0.4, -0.2) is 35.5 Å². The monoisotopic (exact) mass is 346 g/mol. The molecule has 2 aromatic rings. The number of likely N-dealkylation sites (tertiary alicyclic amines) is 1. The molecule has 25 heavy (non-hydrogen) atoms. The number of halogens is 1. The summed E-state index contributed by atoms with van der Waals surface area (Å²) in [6.07, 6.45) is 4.98. The highest BCUT2D eigenvalue weighted by Gasteiger charge is 2.31. The summed E-state index contributed by atoms with van der Waals surface area (Å²) in [4.78, 5) is 18.5. The van der Waals surface area contributed by atoms with Crippen LogP contribution in [0.25, 0.3) is 0 Å². The molecule has 1 aromatic heterocycles. The van der Waals surface area contributed by atoms with E-state index in [-0.39, 0.29) is 24.4 Å². The molecule has 1 saturated heterocycles. The van der Waals surface area contributed by atoms with Crippen molar-refractivity contribution in [2.75, 3.05) is 19.8 Å². The normalized spacial score (nSPS) is 17.7. The molecule has 0 bridgehead atoms. The molecular formula is C19H23FN2O3. The summed E-state index contributed by atoms with van der Waals surface area (Å²) < 4.78 is 24.4. The van der Waals surface area contributed by atoms with Crippen molar-refractivity contribution in [2.24, 2.45) is 0 Å². The summed E-state index contributed by atoms with van der Waals surface area (Å²) in [7, 11) is 0. The van der Waals surface area contributed by atoms with Gasteiger partial charge in [-0.1, -0.05) is 12.1 Å². The van der Waals surface area contributed by atoms with Gasteiger partial charge in [-0.2, -0.15) is 0 Å². The van der Waals surface area contributed by atoms with Crippen molar-refractivity contribution < 1.29 is 18.3 Å². The van der Waals surface area contributed by atoms with Gasteiger partial charge in [0.05, 0.1) is 6.20 Å². The van der Waals surface area contributed by atoms with E-state index in [9.17, 15) is 9.18 Å². The zero-order chi connectivity index (χ0) is 17.6. The number of nitrogens with zero attached hydrogens (tertiary/aromatic N) is 2. The molecule has 0 unspecified atom stereocenters. The molecule has 1 aliphatic heterocycles. The van der Waals surface area contributed by atoms with Gasteiger partial charge in [0.1, 0.15) is 24.2 Å². The van der Waals surface area contributed by atoms with E-state index in [2.05, 4.69) is 4.98 Å². The Morgan fingerprint density at radius 3 is 3.12 bits per heavy atom. The molecule has 0 aliphatic carbocycles. The largest absolute Gasteiger partial charge is 0.443 e. The molecule has 3 rings (SSSR count). The Balaban J connectivity index is 1.71. The number of hydrogen-bond acceptors (Lipinski definition) is 4. The third-order valence-electron chi connectivity index (χ3n) is 4.38. The van der Waals surface area contributed by atoms with E-state index in [4.69, 9.17) is 9.15 Å². The van der Waals surface area contributed by atoms with E-state index in [0.29, 0.717) is 31.2 Å². The summed E-state index contributed by atoms with van der Waals surface area (Å²) in [5.41, 5.74) is 0.829. The Bertz CT molecular complexity index is 716. The molecule has 134 valence electrons. The number of carbonyl (C=O) groups excluding carboxylic acids is 1. The first kappa shape index (κ1) is 17.6. The van der Waals surface area contributed by atoms with Crippen LogP contribution in [0.2, 0.25) is 0 Å². The lowest BCUT2D eigenvalue weighted by atomic mass is 10.0. The van der Waals surface area contributed by atoms with Gasteiger partial charge in [-0.15, -0.1) is 0 Å². The lowest BCUT2D eigenvalue weighted by Gasteiger charge is -2.33. The fourth-order valence-corrected chi connectivity index (χ4v) is 3.17. The Morgan fingerprint density at radius 2 is 2.32 bits per heavy atom. The van der Waals surface area contributed by atoms with Crippen LogP contribution in [0.3, 0.4) is 0 Å². The molecule has 6 heteroatoms. The van der Waals surface area contributed by atoms with E-state index < -0.39 is 0 Å². The fraction of sp³-hybridized carbons (Fsp3) is 0.474. The van der Waals surface area contributed by atoms with Gasteiger partial charge in [-0.05, 0) is 43.9 Å². The van der Waals surface area contributed by atoms with Crippen molar-refractivity contribution in [3.63, 3.8) is 0 Å². The number of oxazole rings is 1. The van der Waals surface area contributed by atoms with Crippen LogP contribution in [0.1, 0.15) is 49.4 Å². The maximum Gasteiger partial charge on any atom is 0.249 e. The second-order valence-corrected chi connectivity index (χ2v) is 6.21. The van der Waals surface area contributed by atoms with Crippen LogP contribution >= 0.6 is 0 Å². The number of piperidine rings is 1. The SMILES string of the molecule is CCOCC(=O)N1CCCC[C@H]1c1ncc(Cc2cccc(F)c2)o1. The maximum atomic E-state index is 13.3. The maximum absolute atomic E-state index is 13.3. The van der Waals surface area contributed by atoms with Gasteiger partial charge in [0.25, 0.3) is 0 Å². The predicted octanol–water partition coefficient (Wildman–Crippen LogP) is 3.49. The van der Waals surface area contributed by atoms with E-state index >= 15 is 0 Å². The van der Waals surface area contributed by atoms with Crippen molar-refractivity contribution >= 4 is 5.91 Å². The van der Waals surface area contributed by atoms with Crippen LogP contribution in [-0.2, 0) is 16.0 Å². The standard InChI is InChI=1S/C19H23FN2O3/c1-2-24-13-18(23)22-9-4-3-8-17(22)19-21-12-16(25-19)11-14-6-5-7-15(20)10-14/h5-7,10,12,17H,2-4,8-9,11,13H2,1H3/t17-/m0/s1. The number of amides is 1. The number of rotatable bonds is 6. The molecule has 0 N–H and O–H groups in total. The van der Waals surface area contributed by atoms with Crippen LogP contribution in [0.15, 0.2) is 34.9 Å². The highest BCUT2D eigenvalue weighted by atomic mass is 19.1. The molecule has 1 amide bonds. The van der Waals surface area contributed by atoms with Gasteiger partial charge in [0.2, 0.25) is 11.8 Å². The second kappa shape index (κ2) is 8.25. The summed E-state index contributed by atoms with van der Waals surface area (Å²) >= 11 is 0. The van der Waals surface area contributed by atoms with Crippen molar-refractivity contribution in [3.05, 3.63) is 53.5 Å². The topological polar surface area (TPSA) is 55.6 Å². The molecule has 0 radical (unpaired) electrons. The summed E-state index contributed by atoms with van der Waals surface area (Å²) in [5, 5.41) is 0. The molecule has 1 atom stereocenters. The first-order chi connectivity index (χ1) is 12.2. The first-order valence-corrected chi connectivity index (χ1v) is 8.73. The van der Waals surface area contributed by atoms with Gasteiger partial charge < -0.3 is 14.1 Å². The number of benzene rings is 1. The Labute approximate surface area is 146 Å². The van der Waals surface area contributed by atoms with Crippen LogP contribution < -0.4 is 0 Å². The van der Waals surface area contributed by atoms with Crippen LogP contribution in [0, 0.1) is 5.82 Å². The van der Waals surface area contributed by atoms with Crippen molar-refractivity contribution in [1.29, 1.82) is 0 Å². The van der Waals surface area contributed by atoms with Crippen molar-refractivity contribution in [3.8, 4) is 0 Å². The first-order valence-electron chi connectivity index (χ1n) is 8.73. The molecule has 1 aromatic carbocycles. The minimum Gasteiger partial charge on any atom is -0.443 e. The van der Waals surface area contributed by atoms with Gasteiger partial charge in [0.15, 0.2) is 0 Å². The number of carbonyl (C=O) groups is 1. The minimum atomic E-state index is -0.266. The summed E-state index contributed by atoms with van der Waals surface area (Å²) in [6.45, 7) is 3.16. The average molecular weight is 346 g/mol. The predicted molar refractivity (Wildman–Crippen MR) is 90.5 cm³/mol. The van der Waals surface area contributed by atoms with Gasteiger partial charge in [-0.25, -0.2) is 9.37 Å². The Kier molecular flexibility index (Phi) is 5.81. The molecule has 5 nitrogen and oxygen atoms in total. The van der Waals surface area contributed by atoms with E-state index in [1.54, 1.807) is 17.2 Å². The smallest absolute Gasteiger partial charge is 0.249 e. The zero-order valence-corrected chi connectivity index (χ0v) is 14.4. The molecule has 2 heterocycles.